The molecule has 2 heterocycles. The fraction of sp³-hybridized carbons (Fsp3) is 0.154. The van der Waals surface area contributed by atoms with E-state index in [1.165, 1.54) is 16.7 Å². The first-order valence-corrected chi connectivity index (χ1v) is 5.15. The highest BCUT2D eigenvalue weighted by atomic mass is 16.6. The fourth-order valence-corrected chi connectivity index (χ4v) is 2.42. The van der Waals surface area contributed by atoms with Crippen LogP contribution in [0, 0.1) is 0 Å². The van der Waals surface area contributed by atoms with Crippen LogP contribution in [0.1, 0.15) is 23.3 Å². The topological polar surface area (TPSA) is 25.4 Å². The van der Waals surface area contributed by atoms with Gasteiger partial charge in [0.15, 0.2) is 0 Å². The van der Waals surface area contributed by atoms with Crippen molar-refractivity contribution in [1.29, 1.82) is 0 Å². The summed E-state index contributed by atoms with van der Waals surface area (Å²) in [5.74, 6) is 0. The Morgan fingerprint density at radius 2 is 1.73 bits per heavy atom. The Balaban J connectivity index is 2.09. The lowest BCUT2D eigenvalue weighted by molar-refractivity contribution is 0.380. The maximum absolute atomic E-state index is 5.69. The van der Waals surface area contributed by atoms with E-state index in [0.717, 1.165) is 5.69 Å². The molecule has 72 valence electrons. The number of epoxide rings is 1. The van der Waals surface area contributed by atoms with E-state index >= 15 is 0 Å². The fourth-order valence-electron chi connectivity index (χ4n) is 2.42. The van der Waals surface area contributed by atoms with Gasteiger partial charge < -0.3 is 4.74 Å². The average molecular weight is 195 g/mol. The third-order valence-electron chi connectivity index (χ3n) is 3.16. The number of pyridine rings is 1. The Morgan fingerprint density at radius 1 is 0.933 bits per heavy atom. The number of ether oxygens (including phenoxy) is 1. The molecule has 0 radical (unpaired) electrons. The van der Waals surface area contributed by atoms with Crippen molar-refractivity contribution >= 4 is 0 Å². The quantitative estimate of drug-likeness (QED) is 0.604. The molecule has 0 amide bonds. The molecule has 0 N–H and O–H groups in total. The summed E-state index contributed by atoms with van der Waals surface area (Å²) in [6.45, 7) is 0. The molecule has 2 nitrogen and oxygen atoms in total. The summed E-state index contributed by atoms with van der Waals surface area (Å²) in [7, 11) is 0. The van der Waals surface area contributed by atoms with Crippen LogP contribution >= 0.6 is 0 Å². The van der Waals surface area contributed by atoms with Crippen molar-refractivity contribution in [2.24, 2.45) is 0 Å². The van der Waals surface area contributed by atoms with Crippen LogP contribution in [0.15, 0.2) is 42.6 Å². The molecule has 15 heavy (non-hydrogen) atoms. The van der Waals surface area contributed by atoms with Gasteiger partial charge in [-0.3, -0.25) is 4.98 Å². The van der Waals surface area contributed by atoms with Crippen LogP contribution < -0.4 is 0 Å². The number of hydrogen-bond donors (Lipinski definition) is 0. The summed E-state index contributed by atoms with van der Waals surface area (Å²) in [5, 5.41) is 0. The van der Waals surface area contributed by atoms with Crippen LogP contribution in [0.3, 0.4) is 0 Å². The minimum absolute atomic E-state index is 0.253. The van der Waals surface area contributed by atoms with Crippen LogP contribution in [0.25, 0.3) is 11.3 Å². The monoisotopic (exact) mass is 195 g/mol. The molecule has 1 aromatic carbocycles. The normalized spacial score (nSPS) is 25.1. The van der Waals surface area contributed by atoms with Gasteiger partial charge in [0.05, 0.1) is 5.69 Å². The molecule has 2 heteroatoms. The van der Waals surface area contributed by atoms with Crippen LogP contribution in [0.2, 0.25) is 0 Å². The second-order valence-corrected chi connectivity index (χ2v) is 4.01. The van der Waals surface area contributed by atoms with Crippen LogP contribution in [0.4, 0.5) is 0 Å². The van der Waals surface area contributed by atoms with Crippen LogP contribution in [-0.2, 0) is 4.74 Å². The highest BCUT2D eigenvalue weighted by molar-refractivity contribution is 5.72. The van der Waals surface area contributed by atoms with Gasteiger partial charge in [0.1, 0.15) is 12.2 Å². The number of benzene rings is 1. The van der Waals surface area contributed by atoms with Gasteiger partial charge in [-0.05, 0) is 11.6 Å². The van der Waals surface area contributed by atoms with Crippen LogP contribution in [0.5, 0.6) is 0 Å². The predicted octanol–water partition coefficient (Wildman–Crippen LogP) is 2.87. The van der Waals surface area contributed by atoms with Crippen LogP contribution in [-0.4, -0.2) is 4.98 Å². The minimum Gasteiger partial charge on any atom is -0.359 e. The van der Waals surface area contributed by atoms with E-state index in [2.05, 4.69) is 35.3 Å². The van der Waals surface area contributed by atoms with Crippen molar-refractivity contribution in [3.05, 3.63) is 53.7 Å². The highest BCUT2D eigenvalue weighted by Crippen LogP contribution is 2.58. The van der Waals surface area contributed by atoms with E-state index in [1.807, 2.05) is 12.3 Å². The third-order valence-corrected chi connectivity index (χ3v) is 3.16. The predicted molar refractivity (Wildman–Crippen MR) is 56.2 cm³/mol. The lowest BCUT2D eigenvalue weighted by Gasteiger charge is -2.14. The molecular formula is C13H9NO. The van der Waals surface area contributed by atoms with E-state index in [4.69, 9.17) is 4.74 Å². The highest BCUT2D eigenvalue weighted by Gasteiger charge is 2.47. The molecule has 1 aliphatic carbocycles. The van der Waals surface area contributed by atoms with Gasteiger partial charge in [0.25, 0.3) is 0 Å². The molecule has 1 aromatic heterocycles. The molecular weight excluding hydrogens is 186 g/mol. The van der Waals surface area contributed by atoms with Crippen molar-refractivity contribution in [1.82, 2.24) is 4.98 Å². The molecule has 0 bridgehead atoms. The van der Waals surface area contributed by atoms with Gasteiger partial charge in [-0.25, -0.2) is 0 Å². The number of fused-ring (bicyclic) bond motifs is 6. The number of aromatic nitrogens is 1. The van der Waals surface area contributed by atoms with Crippen molar-refractivity contribution in [2.75, 3.05) is 0 Å². The van der Waals surface area contributed by atoms with Crippen molar-refractivity contribution in [2.45, 2.75) is 12.2 Å². The molecule has 2 aliphatic rings. The summed E-state index contributed by atoms with van der Waals surface area (Å²) < 4.78 is 5.69. The molecule has 1 aliphatic heterocycles. The summed E-state index contributed by atoms with van der Waals surface area (Å²) >= 11 is 0. The van der Waals surface area contributed by atoms with E-state index in [-0.39, 0.29) is 12.2 Å². The lowest BCUT2D eigenvalue weighted by atomic mass is 9.89. The smallest absolute Gasteiger partial charge is 0.116 e. The van der Waals surface area contributed by atoms with Gasteiger partial charge in [-0.1, -0.05) is 30.3 Å². The first kappa shape index (κ1) is 7.60. The molecule has 0 unspecified atom stereocenters. The largest absolute Gasteiger partial charge is 0.359 e. The number of rotatable bonds is 0. The number of nitrogens with zero attached hydrogens (tertiary/aromatic N) is 1. The van der Waals surface area contributed by atoms with Gasteiger partial charge in [0, 0.05) is 17.3 Å². The molecule has 4 rings (SSSR count). The van der Waals surface area contributed by atoms with Gasteiger partial charge in [0.2, 0.25) is 0 Å². The van der Waals surface area contributed by atoms with Crippen molar-refractivity contribution in [3.63, 3.8) is 0 Å². The Hall–Kier alpha value is -1.67. The van der Waals surface area contributed by atoms with E-state index < -0.39 is 0 Å². The second-order valence-electron chi connectivity index (χ2n) is 4.01. The third kappa shape index (κ3) is 0.896. The number of hydrogen-bond acceptors (Lipinski definition) is 2. The Kier molecular flexibility index (Phi) is 1.25. The Bertz CT molecular complexity index is 500. The molecule has 1 saturated heterocycles. The molecule has 0 saturated carbocycles. The van der Waals surface area contributed by atoms with Gasteiger partial charge in [-0.2, -0.15) is 0 Å². The maximum atomic E-state index is 5.69. The van der Waals surface area contributed by atoms with Gasteiger partial charge >= 0.3 is 0 Å². The second kappa shape index (κ2) is 2.47. The standard InChI is InChI=1S/C13H9NO/c1-2-5-9-8(4-1)11-10(6-3-7-14-11)13-12(9)15-13/h1-7,12-13H/t12-,13+/m1/s1. The molecule has 1 fully saturated rings. The Morgan fingerprint density at radius 3 is 2.73 bits per heavy atom. The zero-order chi connectivity index (χ0) is 9.83. The summed E-state index contributed by atoms with van der Waals surface area (Å²) in [5.41, 5.74) is 4.84. The summed E-state index contributed by atoms with van der Waals surface area (Å²) in [4.78, 5) is 4.46. The SMILES string of the molecule is c1ccc2c(c1)-c1ncccc1[C@@H]1O[C@H]21. The molecule has 2 atom stereocenters. The van der Waals surface area contributed by atoms with Crippen molar-refractivity contribution < 1.29 is 4.74 Å². The Labute approximate surface area is 87.5 Å². The first-order chi connectivity index (χ1) is 7.45. The van der Waals surface area contributed by atoms with Crippen molar-refractivity contribution in [3.8, 4) is 11.3 Å². The molecule has 2 aromatic rings. The van der Waals surface area contributed by atoms with E-state index in [1.54, 1.807) is 0 Å². The summed E-state index contributed by atoms with van der Waals surface area (Å²) in [6, 6.07) is 12.5. The summed E-state index contributed by atoms with van der Waals surface area (Å²) in [6.07, 6.45) is 2.37. The maximum Gasteiger partial charge on any atom is 0.116 e. The minimum atomic E-state index is 0.253. The first-order valence-electron chi connectivity index (χ1n) is 5.15. The molecule has 0 spiro atoms. The average Bonchev–Trinajstić information content (AvgIpc) is 3.10. The zero-order valence-corrected chi connectivity index (χ0v) is 8.05. The van der Waals surface area contributed by atoms with E-state index in [0.29, 0.717) is 0 Å². The zero-order valence-electron chi connectivity index (χ0n) is 8.05. The van der Waals surface area contributed by atoms with Gasteiger partial charge in [-0.15, -0.1) is 0 Å². The lowest BCUT2D eigenvalue weighted by Crippen LogP contribution is -2.00. The van der Waals surface area contributed by atoms with E-state index in [9.17, 15) is 0 Å².